The van der Waals surface area contributed by atoms with Gasteiger partial charge in [-0.05, 0) is 38.0 Å². The SMILES string of the molecule is CCO/C=C(\C(=O)c1ccc(NS(C)(=O)=O)cc1Cl)C(=O)C1CC1. The maximum Gasteiger partial charge on any atom is 0.229 e. The highest BCUT2D eigenvalue weighted by Crippen LogP contribution is 2.34. The zero-order chi connectivity index (χ0) is 17.9. The number of Topliss-reactive ketones (excluding diaryl/α,β-unsaturated/α-hetero) is 2. The summed E-state index contributed by atoms with van der Waals surface area (Å²) in [4.78, 5) is 24.9. The number of halogens is 1. The van der Waals surface area contributed by atoms with Crippen molar-refractivity contribution in [1.29, 1.82) is 0 Å². The molecule has 2 rings (SSSR count). The second-order valence-corrected chi connectivity index (χ2v) is 7.68. The van der Waals surface area contributed by atoms with Crippen molar-refractivity contribution in [3.8, 4) is 0 Å². The summed E-state index contributed by atoms with van der Waals surface area (Å²) in [6.07, 6.45) is 3.72. The Morgan fingerprint density at radius 3 is 2.54 bits per heavy atom. The number of ketones is 2. The van der Waals surface area contributed by atoms with E-state index in [-0.39, 0.29) is 33.5 Å². The molecule has 0 bridgehead atoms. The smallest absolute Gasteiger partial charge is 0.229 e. The van der Waals surface area contributed by atoms with Crippen molar-refractivity contribution in [3.05, 3.63) is 40.6 Å². The number of carbonyl (C=O) groups is 2. The Kier molecular flexibility index (Phi) is 5.66. The molecule has 1 saturated carbocycles. The summed E-state index contributed by atoms with van der Waals surface area (Å²) in [6.45, 7) is 2.08. The van der Waals surface area contributed by atoms with Gasteiger partial charge in [-0.1, -0.05) is 11.6 Å². The second kappa shape index (κ2) is 7.36. The summed E-state index contributed by atoms with van der Waals surface area (Å²) in [5.41, 5.74) is 0.323. The first-order chi connectivity index (χ1) is 11.2. The van der Waals surface area contributed by atoms with Gasteiger partial charge in [-0.25, -0.2) is 8.42 Å². The van der Waals surface area contributed by atoms with Gasteiger partial charge in [-0.3, -0.25) is 14.3 Å². The molecule has 0 unspecified atom stereocenters. The van der Waals surface area contributed by atoms with Crippen LogP contribution in [-0.2, 0) is 19.6 Å². The first kappa shape index (κ1) is 18.5. The van der Waals surface area contributed by atoms with Crippen LogP contribution >= 0.6 is 11.6 Å². The summed E-state index contributed by atoms with van der Waals surface area (Å²) in [7, 11) is -3.45. The van der Waals surface area contributed by atoms with Gasteiger partial charge in [0.15, 0.2) is 5.78 Å². The molecule has 1 N–H and O–H groups in total. The molecule has 0 saturated heterocycles. The third-order valence-electron chi connectivity index (χ3n) is 3.34. The standard InChI is InChI=1S/C16H18ClNO5S/c1-3-23-9-13(15(19)10-4-5-10)16(20)12-7-6-11(8-14(12)17)18-24(2,21)22/h6-10,18H,3-5H2,1-2H3/b13-9-. The molecule has 1 aromatic carbocycles. The number of benzene rings is 1. The van der Waals surface area contributed by atoms with E-state index < -0.39 is 15.8 Å². The van der Waals surface area contributed by atoms with E-state index >= 15 is 0 Å². The maximum atomic E-state index is 12.6. The predicted molar refractivity (Wildman–Crippen MR) is 91.7 cm³/mol. The summed E-state index contributed by atoms with van der Waals surface area (Å²) < 4.78 is 29.9. The van der Waals surface area contributed by atoms with Crippen LogP contribution in [0.1, 0.15) is 30.1 Å². The molecule has 1 aliphatic rings. The van der Waals surface area contributed by atoms with E-state index in [1.165, 1.54) is 24.5 Å². The van der Waals surface area contributed by atoms with E-state index in [4.69, 9.17) is 16.3 Å². The van der Waals surface area contributed by atoms with Crippen LogP contribution in [-0.4, -0.2) is 32.8 Å². The normalized spacial score (nSPS) is 15.0. The van der Waals surface area contributed by atoms with Gasteiger partial charge in [-0.2, -0.15) is 0 Å². The highest BCUT2D eigenvalue weighted by molar-refractivity contribution is 7.92. The lowest BCUT2D eigenvalue weighted by molar-refractivity contribution is -0.116. The van der Waals surface area contributed by atoms with Crippen LogP contribution in [0.15, 0.2) is 30.0 Å². The minimum Gasteiger partial charge on any atom is -0.501 e. The lowest BCUT2D eigenvalue weighted by Crippen LogP contribution is -2.16. The molecule has 1 aliphatic carbocycles. The van der Waals surface area contributed by atoms with E-state index in [0.717, 1.165) is 19.1 Å². The van der Waals surface area contributed by atoms with Crippen molar-refractivity contribution >= 4 is 38.9 Å². The molecule has 0 spiro atoms. The van der Waals surface area contributed by atoms with Crippen molar-refractivity contribution in [3.63, 3.8) is 0 Å². The van der Waals surface area contributed by atoms with Gasteiger partial charge in [0.1, 0.15) is 5.57 Å². The molecule has 0 radical (unpaired) electrons. The van der Waals surface area contributed by atoms with Gasteiger partial charge >= 0.3 is 0 Å². The number of hydrogen-bond donors (Lipinski definition) is 1. The minimum absolute atomic E-state index is 0.0370. The number of ether oxygens (including phenoxy) is 1. The molecule has 1 aromatic rings. The van der Waals surface area contributed by atoms with Crippen molar-refractivity contribution in [1.82, 2.24) is 0 Å². The predicted octanol–water partition coefficient (Wildman–Crippen LogP) is 2.79. The molecule has 1 fully saturated rings. The first-order valence-electron chi connectivity index (χ1n) is 7.41. The Hall–Kier alpha value is -1.86. The van der Waals surface area contributed by atoms with Crippen LogP contribution in [0, 0.1) is 5.92 Å². The molecule has 130 valence electrons. The Morgan fingerprint density at radius 1 is 1.38 bits per heavy atom. The Labute approximate surface area is 145 Å². The number of nitrogens with one attached hydrogen (secondary N) is 1. The number of carbonyl (C=O) groups excluding carboxylic acids is 2. The lowest BCUT2D eigenvalue weighted by Gasteiger charge is -2.10. The molecule has 8 heteroatoms. The van der Waals surface area contributed by atoms with E-state index in [1.807, 2.05) is 0 Å². The van der Waals surface area contributed by atoms with Gasteiger partial charge in [0.25, 0.3) is 0 Å². The number of hydrogen-bond acceptors (Lipinski definition) is 5. The Balaban J connectivity index is 2.30. The molecular formula is C16H18ClNO5S. The van der Waals surface area contributed by atoms with Crippen LogP contribution in [0.25, 0.3) is 0 Å². The van der Waals surface area contributed by atoms with Crippen molar-refractivity contribution in [2.75, 3.05) is 17.6 Å². The number of allylic oxidation sites excluding steroid dienone is 1. The molecule has 24 heavy (non-hydrogen) atoms. The topological polar surface area (TPSA) is 89.5 Å². The number of rotatable bonds is 8. The van der Waals surface area contributed by atoms with Gasteiger partial charge in [0, 0.05) is 17.2 Å². The molecule has 0 aliphatic heterocycles. The molecule has 6 nitrogen and oxygen atoms in total. The maximum absolute atomic E-state index is 12.6. The summed E-state index contributed by atoms with van der Waals surface area (Å²) in [5.74, 6) is -0.912. The fourth-order valence-electron chi connectivity index (χ4n) is 2.08. The summed E-state index contributed by atoms with van der Waals surface area (Å²) >= 11 is 6.10. The van der Waals surface area contributed by atoms with E-state index in [9.17, 15) is 18.0 Å². The fraction of sp³-hybridized carbons (Fsp3) is 0.375. The number of anilines is 1. The van der Waals surface area contributed by atoms with E-state index in [1.54, 1.807) is 6.92 Å². The van der Waals surface area contributed by atoms with Crippen LogP contribution in [0.5, 0.6) is 0 Å². The third kappa shape index (κ3) is 4.82. The Bertz CT molecular complexity index is 797. The third-order valence-corrected chi connectivity index (χ3v) is 4.26. The fourth-order valence-corrected chi connectivity index (χ4v) is 2.90. The average Bonchev–Trinajstić information content (AvgIpc) is 3.30. The van der Waals surface area contributed by atoms with Crippen LogP contribution < -0.4 is 4.72 Å². The largest absolute Gasteiger partial charge is 0.501 e. The quantitative estimate of drug-likeness (QED) is 0.249. The lowest BCUT2D eigenvalue weighted by atomic mass is 9.98. The highest BCUT2D eigenvalue weighted by atomic mass is 35.5. The highest BCUT2D eigenvalue weighted by Gasteiger charge is 2.35. The minimum atomic E-state index is -3.45. The van der Waals surface area contributed by atoms with Crippen LogP contribution in [0.2, 0.25) is 5.02 Å². The molecule has 0 atom stereocenters. The van der Waals surface area contributed by atoms with Gasteiger partial charge in [0.2, 0.25) is 15.8 Å². The van der Waals surface area contributed by atoms with Gasteiger partial charge < -0.3 is 4.74 Å². The monoisotopic (exact) mass is 371 g/mol. The summed E-state index contributed by atoms with van der Waals surface area (Å²) in [6, 6.07) is 4.13. The molecule has 0 aromatic heterocycles. The van der Waals surface area contributed by atoms with Crippen molar-refractivity contribution in [2.24, 2.45) is 5.92 Å². The second-order valence-electron chi connectivity index (χ2n) is 5.52. The zero-order valence-corrected chi connectivity index (χ0v) is 14.9. The van der Waals surface area contributed by atoms with Crippen molar-refractivity contribution < 1.29 is 22.7 Å². The van der Waals surface area contributed by atoms with E-state index in [2.05, 4.69) is 4.72 Å². The zero-order valence-electron chi connectivity index (χ0n) is 13.3. The average molecular weight is 372 g/mol. The molecule has 0 heterocycles. The molecular weight excluding hydrogens is 354 g/mol. The molecule has 0 amide bonds. The van der Waals surface area contributed by atoms with Crippen LogP contribution in [0.4, 0.5) is 5.69 Å². The van der Waals surface area contributed by atoms with Gasteiger partial charge in [-0.15, -0.1) is 0 Å². The number of sulfonamides is 1. The van der Waals surface area contributed by atoms with Crippen LogP contribution in [0.3, 0.4) is 0 Å². The Morgan fingerprint density at radius 2 is 2.04 bits per heavy atom. The van der Waals surface area contributed by atoms with Crippen molar-refractivity contribution in [2.45, 2.75) is 19.8 Å². The van der Waals surface area contributed by atoms with Gasteiger partial charge in [0.05, 0.1) is 24.1 Å². The van der Waals surface area contributed by atoms with E-state index in [0.29, 0.717) is 6.61 Å². The first-order valence-corrected chi connectivity index (χ1v) is 9.68. The summed E-state index contributed by atoms with van der Waals surface area (Å²) in [5, 5.41) is 0.0552.